The predicted octanol–water partition coefficient (Wildman–Crippen LogP) is 4.28. The average Bonchev–Trinajstić information content (AvgIpc) is 3.17. The third kappa shape index (κ3) is 2.11. The quantitative estimate of drug-likeness (QED) is 0.313. The number of halogens is 1. The molecule has 8 heteroatoms. The smallest absolute Gasteiger partial charge is 0.338 e. The second-order valence-electron chi connectivity index (χ2n) is 9.45. The molecule has 1 spiro atoms. The average molecular weight is 556 g/mol. The lowest BCUT2D eigenvalue weighted by atomic mass is 9.42. The zero-order valence-electron chi connectivity index (χ0n) is 18.1. The van der Waals surface area contributed by atoms with Gasteiger partial charge in [0.1, 0.15) is 16.1 Å². The number of methoxy groups -OCH3 is 1. The monoisotopic (exact) mass is 556 g/mol. The zero-order valence-corrected chi connectivity index (χ0v) is 21.1. The van der Waals surface area contributed by atoms with E-state index in [1.807, 2.05) is 27.7 Å². The molecule has 2 fully saturated rings. The third-order valence-corrected chi connectivity index (χ3v) is 10.8. The Morgan fingerprint density at radius 2 is 1.84 bits per heavy atom. The van der Waals surface area contributed by atoms with Gasteiger partial charge in [-0.25, -0.2) is 0 Å². The maximum atomic E-state index is 14.1. The minimum Gasteiger partial charge on any atom is -0.382 e. The summed E-state index contributed by atoms with van der Waals surface area (Å²) in [6, 6.07) is 6.54. The van der Waals surface area contributed by atoms with Crippen molar-refractivity contribution >= 4 is 38.5 Å². The van der Waals surface area contributed by atoms with E-state index in [4.69, 9.17) is 13.7 Å². The number of Topliss-reactive ketones (excluding diaryl/α,β-unsaturated/α-hetero) is 1. The summed E-state index contributed by atoms with van der Waals surface area (Å²) in [5.74, 6) is -1.53. The van der Waals surface area contributed by atoms with Crippen molar-refractivity contribution in [3.05, 3.63) is 50.8 Å². The lowest BCUT2D eigenvalue weighted by Crippen LogP contribution is -2.71. The molecule has 6 rings (SSSR count). The molecule has 1 saturated heterocycles. The first-order valence-corrected chi connectivity index (χ1v) is 12.8. The van der Waals surface area contributed by atoms with Gasteiger partial charge in [-0.05, 0) is 66.5 Å². The van der Waals surface area contributed by atoms with Crippen LogP contribution in [0.4, 0.5) is 0 Å². The molecule has 5 aliphatic rings. The second kappa shape index (κ2) is 6.21. The van der Waals surface area contributed by atoms with E-state index in [9.17, 15) is 13.2 Å². The van der Waals surface area contributed by atoms with E-state index in [-0.39, 0.29) is 29.0 Å². The van der Waals surface area contributed by atoms with Crippen molar-refractivity contribution in [2.24, 2.45) is 22.2 Å². The molecule has 31 heavy (non-hydrogen) atoms. The minimum atomic E-state index is -4.12. The van der Waals surface area contributed by atoms with Crippen molar-refractivity contribution in [2.75, 3.05) is 13.7 Å². The Kier molecular flexibility index (Phi) is 4.33. The van der Waals surface area contributed by atoms with Crippen LogP contribution in [0.15, 0.2) is 50.1 Å². The molecule has 1 aromatic rings. The molecule has 4 bridgehead atoms. The largest absolute Gasteiger partial charge is 0.382 e. The first kappa shape index (κ1) is 21.6. The van der Waals surface area contributed by atoms with Crippen LogP contribution in [0.1, 0.15) is 32.8 Å². The fourth-order valence-electron chi connectivity index (χ4n) is 6.27. The van der Waals surface area contributed by atoms with Crippen LogP contribution in [0.5, 0.6) is 0 Å². The molecule has 4 aliphatic carbocycles. The Bertz CT molecular complexity index is 1180. The molecule has 5 atom stereocenters. The third-order valence-electron chi connectivity index (χ3n) is 8.21. The number of carbonyl (C=O) groups excluding carboxylic acids is 1. The van der Waals surface area contributed by atoms with Crippen LogP contribution >= 0.6 is 22.6 Å². The predicted molar refractivity (Wildman–Crippen MR) is 122 cm³/mol. The fraction of sp³-hybridized carbons (Fsp3) is 0.522. The van der Waals surface area contributed by atoms with Gasteiger partial charge < -0.3 is 13.7 Å². The number of ether oxygens (including phenoxy) is 2. The number of ketones is 1. The Labute approximate surface area is 196 Å². The number of carbonyl (C=O) groups is 1. The molecule has 0 radical (unpaired) electrons. The maximum absolute atomic E-state index is 14.1. The summed E-state index contributed by atoms with van der Waals surface area (Å²) in [6.07, 6.45) is 2.87. The van der Waals surface area contributed by atoms with E-state index in [0.717, 1.165) is 17.6 Å². The van der Waals surface area contributed by atoms with Crippen molar-refractivity contribution in [3.63, 3.8) is 0 Å². The Morgan fingerprint density at radius 3 is 2.45 bits per heavy atom. The van der Waals surface area contributed by atoms with Gasteiger partial charge in [0, 0.05) is 16.1 Å². The zero-order chi connectivity index (χ0) is 22.6. The summed E-state index contributed by atoms with van der Waals surface area (Å²) in [4.78, 5) is 14.1. The summed E-state index contributed by atoms with van der Waals surface area (Å²) in [6.45, 7) is 8.04. The molecule has 0 N–H and O–H groups in total. The van der Waals surface area contributed by atoms with Crippen molar-refractivity contribution in [1.29, 1.82) is 0 Å². The van der Waals surface area contributed by atoms with Gasteiger partial charge in [-0.2, -0.15) is 8.42 Å². The van der Waals surface area contributed by atoms with E-state index in [1.54, 1.807) is 12.1 Å². The summed E-state index contributed by atoms with van der Waals surface area (Å²) in [5, 5.41) is 0. The van der Waals surface area contributed by atoms with Gasteiger partial charge in [0.2, 0.25) is 11.6 Å². The molecule has 1 aromatic carbocycles. The molecule has 166 valence electrons. The van der Waals surface area contributed by atoms with Gasteiger partial charge in [-0.3, -0.25) is 4.79 Å². The van der Waals surface area contributed by atoms with E-state index in [2.05, 4.69) is 28.7 Å². The molecular weight excluding hydrogens is 531 g/mol. The number of hydrogen-bond donors (Lipinski definition) is 0. The van der Waals surface area contributed by atoms with Crippen LogP contribution in [-0.2, 0) is 28.6 Å². The normalized spacial score (nSPS) is 40.9. The van der Waals surface area contributed by atoms with Crippen LogP contribution in [0.3, 0.4) is 0 Å². The number of aryl methyl sites for hydroxylation is 1. The van der Waals surface area contributed by atoms with Crippen molar-refractivity contribution in [3.8, 4) is 0 Å². The van der Waals surface area contributed by atoms with Crippen LogP contribution < -0.4 is 0 Å². The molecule has 6 nitrogen and oxygen atoms in total. The van der Waals surface area contributed by atoms with Gasteiger partial charge >= 0.3 is 10.1 Å². The number of allylic oxidation sites excluding steroid dienone is 2. The van der Waals surface area contributed by atoms with E-state index >= 15 is 0 Å². The molecular formula is C23H25IO6S. The topological polar surface area (TPSA) is 78.9 Å². The molecule has 1 heterocycles. The molecule has 1 aliphatic heterocycles. The fourth-order valence-corrected chi connectivity index (χ4v) is 9.17. The minimum absolute atomic E-state index is 0.0528. The Balaban J connectivity index is 1.78. The van der Waals surface area contributed by atoms with Crippen LogP contribution in [0, 0.1) is 29.1 Å². The van der Waals surface area contributed by atoms with Crippen LogP contribution in [0.2, 0.25) is 0 Å². The lowest BCUT2D eigenvalue weighted by Gasteiger charge is -2.62. The molecule has 0 aromatic heterocycles. The molecule has 0 amide bonds. The SMILES string of the molecule is COC12OCC3(C)C4=CC[C@@H](C)C4(C1=O)C(I)=C(OS(=O)(=O)c1ccc(C)cc1)C32C. The molecule has 4 unspecified atom stereocenters. The lowest BCUT2D eigenvalue weighted by molar-refractivity contribution is -0.247. The first-order valence-electron chi connectivity index (χ1n) is 10.3. The number of rotatable bonds is 4. The highest BCUT2D eigenvalue weighted by Gasteiger charge is 2.86. The van der Waals surface area contributed by atoms with Gasteiger partial charge in [0.15, 0.2) is 0 Å². The summed E-state index contributed by atoms with van der Waals surface area (Å²) in [7, 11) is -2.67. The second-order valence-corrected chi connectivity index (χ2v) is 12.1. The maximum Gasteiger partial charge on any atom is 0.338 e. The highest BCUT2D eigenvalue weighted by molar-refractivity contribution is 14.1. The molecule has 1 saturated carbocycles. The van der Waals surface area contributed by atoms with Gasteiger partial charge in [-0.1, -0.05) is 37.6 Å². The summed E-state index contributed by atoms with van der Waals surface area (Å²) in [5.41, 5.74) is -0.785. The Morgan fingerprint density at radius 1 is 1.19 bits per heavy atom. The van der Waals surface area contributed by atoms with Gasteiger partial charge in [-0.15, -0.1) is 0 Å². The van der Waals surface area contributed by atoms with Crippen molar-refractivity contribution in [1.82, 2.24) is 0 Å². The summed E-state index contributed by atoms with van der Waals surface area (Å²) >= 11 is 2.12. The van der Waals surface area contributed by atoms with E-state index < -0.39 is 32.2 Å². The van der Waals surface area contributed by atoms with E-state index in [1.165, 1.54) is 19.2 Å². The number of hydrogen-bond acceptors (Lipinski definition) is 6. The van der Waals surface area contributed by atoms with Gasteiger partial charge in [0.25, 0.3) is 0 Å². The van der Waals surface area contributed by atoms with Crippen molar-refractivity contribution in [2.45, 2.75) is 44.8 Å². The number of benzene rings is 1. The summed E-state index contributed by atoms with van der Waals surface area (Å²) < 4.78 is 45.2. The highest BCUT2D eigenvalue weighted by atomic mass is 127. The van der Waals surface area contributed by atoms with Gasteiger partial charge in [0.05, 0.1) is 12.0 Å². The van der Waals surface area contributed by atoms with E-state index in [0.29, 0.717) is 3.58 Å². The first-order chi connectivity index (χ1) is 14.4. The van der Waals surface area contributed by atoms with Crippen molar-refractivity contribution < 1.29 is 26.9 Å². The standard InChI is InChI=1S/C23H25IO6S/c1-13-6-9-15(10-7-13)31(26,27)30-18-17(24)22-14(2)8-11-16(22)20(3)12-29-23(28-5,19(22)25)21(18,20)4/h6-7,9-11,14H,8,12H2,1-5H3/t14-,20?,21?,22?,23?/m1/s1. The highest BCUT2D eigenvalue weighted by Crippen LogP contribution is 2.80. The van der Waals surface area contributed by atoms with Crippen LogP contribution in [-0.4, -0.2) is 33.7 Å². The van der Waals surface area contributed by atoms with Crippen LogP contribution in [0.25, 0.3) is 0 Å². The Hall–Kier alpha value is -1.23.